The molecule has 1 saturated heterocycles. The van der Waals surface area contributed by atoms with Gasteiger partial charge in [0.05, 0.1) is 17.1 Å². The van der Waals surface area contributed by atoms with E-state index in [4.69, 9.17) is 9.47 Å². The molecule has 1 atom stereocenters. The second-order valence-corrected chi connectivity index (χ2v) is 13.3. The van der Waals surface area contributed by atoms with Gasteiger partial charge in [0.25, 0.3) is 5.91 Å². The molecule has 10 nitrogen and oxygen atoms in total. The number of rotatable bonds is 7. The Kier molecular flexibility index (Phi) is 9.09. The van der Waals surface area contributed by atoms with Gasteiger partial charge in [0.1, 0.15) is 23.6 Å². The first-order chi connectivity index (χ1) is 20.2. The zero-order valence-electron chi connectivity index (χ0n) is 24.3. The molecule has 3 amide bonds. The summed E-state index contributed by atoms with van der Waals surface area (Å²) in [6.07, 6.45) is -0.476. The molecule has 4 rings (SSSR count). The molecule has 228 valence electrons. The van der Waals surface area contributed by atoms with Gasteiger partial charge >= 0.3 is 12.2 Å². The lowest BCUT2D eigenvalue weighted by Gasteiger charge is -2.30. The minimum atomic E-state index is -3.59. The number of halogens is 1. The summed E-state index contributed by atoms with van der Waals surface area (Å²) in [4.78, 5) is 40.6. The number of benzene rings is 3. The van der Waals surface area contributed by atoms with Gasteiger partial charge in [0.2, 0.25) is 0 Å². The highest BCUT2D eigenvalue weighted by Gasteiger charge is 2.48. The summed E-state index contributed by atoms with van der Waals surface area (Å²) in [7, 11) is -3.59. The van der Waals surface area contributed by atoms with Crippen LogP contribution in [0.3, 0.4) is 0 Å². The molecular weight excluding hydrogens is 577 g/mol. The molecule has 2 N–H and O–H groups in total. The number of anilines is 1. The summed E-state index contributed by atoms with van der Waals surface area (Å²) in [5.41, 5.74) is -1.32. The van der Waals surface area contributed by atoms with Crippen molar-refractivity contribution in [2.24, 2.45) is 0 Å². The van der Waals surface area contributed by atoms with Gasteiger partial charge in [-0.1, -0.05) is 54.6 Å². The Morgan fingerprint density at radius 1 is 1.00 bits per heavy atom. The van der Waals surface area contributed by atoms with Crippen molar-refractivity contribution in [3.05, 3.63) is 84.2 Å². The predicted octanol–water partition coefficient (Wildman–Crippen LogP) is 5.14. The molecule has 0 radical (unpaired) electrons. The molecule has 0 bridgehead atoms. The number of alkyl carbamates (subject to hydrolysis) is 1. The lowest BCUT2D eigenvalue weighted by atomic mass is 9.97. The topological polar surface area (TPSA) is 131 Å². The number of nitrogens with one attached hydrogen (secondary N) is 2. The lowest BCUT2D eigenvalue weighted by Crippen LogP contribution is -2.59. The van der Waals surface area contributed by atoms with E-state index in [9.17, 15) is 22.8 Å². The number of nitrogens with zero attached hydrogens (tertiary/aromatic N) is 1. The van der Waals surface area contributed by atoms with Crippen LogP contribution >= 0.6 is 0 Å². The highest BCUT2D eigenvalue weighted by molar-refractivity contribution is 7.90. The Morgan fingerprint density at radius 2 is 1.67 bits per heavy atom. The Labute approximate surface area is 250 Å². The van der Waals surface area contributed by atoms with Crippen LogP contribution in [-0.2, 0) is 30.7 Å². The molecule has 12 heteroatoms. The number of carbonyl (C=O) groups excluding carboxylic acids is 3. The second kappa shape index (κ2) is 12.4. The first-order valence-corrected chi connectivity index (χ1v) is 15.4. The average Bonchev–Trinajstić information content (AvgIpc) is 3.37. The van der Waals surface area contributed by atoms with Crippen LogP contribution in [0, 0.1) is 5.82 Å². The van der Waals surface area contributed by atoms with Crippen LogP contribution in [0.1, 0.15) is 32.8 Å². The maximum absolute atomic E-state index is 15.3. The predicted molar refractivity (Wildman–Crippen MR) is 158 cm³/mol. The molecule has 43 heavy (non-hydrogen) atoms. The van der Waals surface area contributed by atoms with Crippen molar-refractivity contribution in [2.75, 3.05) is 24.7 Å². The quantitative estimate of drug-likeness (QED) is 0.378. The monoisotopic (exact) mass is 611 g/mol. The lowest BCUT2D eigenvalue weighted by molar-refractivity contribution is -0.122. The minimum absolute atomic E-state index is 0.0138. The maximum atomic E-state index is 15.3. The van der Waals surface area contributed by atoms with Gasteiger partial charge in [-0.2, -0.15) is 0 Å². The Morgan fingerprint density at radius 3 is 2.33 bits per heavy atom. The van der Waals surface area contributed by atoms with Crippen molar-refractivity contribution in [3.63, 3.8) is 0 Å². The fraction of sp³-hybridized carbons (Fsp3) is 0.323. The SMILES string of the molecule is CC(C)(C)OC(=O)NC1(C(=O)Nc2ccc(-c3ccccc3S(C)(=O)=O)cc2F)CCN(C(=O)OCc2ccccc2)C1. The van der Waals surface area contributed by atoms with Crippen LogP contribution in [0.5, 0.6) is 0 Å². The fourth-order valence-electron chi connectivity index (χ4n) is 4.67. The summed E-state index contributed by atoms with van der Waals surface area (Å²) in [5.74, 6) is -1.58. The van der Waals surface area contributed by atoms with Crippen molar-refractivity contribution < 1.29 is 36.7 Å². The van der Waals surface area contributed by atoms with E-state index in [2.05, 4.69) is 10.6 Å². The molecule has 3 aromatic carbocycles. The van der Waals surface area contributed by atoms with Gasteiger partial charge in [0.15, 0.2) is 9.84 Å². The van der Waals surface area contributed by atoms with Gasteiger partial charge in [-0.3, -0.25) is 4.79 Å². The number of hydrogen-bond acceptors (Lipinski definition) is 7. The number of carbonyl (C=O) groups is 3. The number of likely N-dealkylation sites (tertiary alicyclic amines) is 1. The molecule has 0 aliphatic carbocycles. The van der Waals surface area contributed by atoms with Gasteiger partial charge in [-0.15, -0.1) is 0 Å². The molecule has 0 aromatic heterocycles. The van der Waals surface area contributed by atoms with Crippen molar-refractivity contribution in [1.82, 2.24) is 10.2 Å². The van der Waals surface area contributed by atoms with Crippen LogP contribution in [0.4, 0.5) is 19.7 Å². The second-order valence-electron chi connectivity index (χ2n) is 11.3. The van der Waals surface area contributed by atoms with Crippen molar-refractivity contribution in [2.45, 2.75) is 49.8 Å². The molecule has 0 saturated carbocycles. The van der Waals surface area contributed by atoms with E-state index >= 15 is 4.39 Å². The zero-order valence-corrected chi connectivity index (χ0v) is 25.2. The minimum Gasteiger partial charge on any atom is -0.445 e. The van der Waals surface area contributed by atoms with E-state index in [-0.39, 0.29) is 36.7 Å². The molecule has 1 heterocycles. The smallest absolute Gasteiger partial charge is 0.410 e. The largest absolute Gasteiger partial charge is 0.445 e. The molecule has 1 aliphatic rings. The first-order valence-electron chi connectivity index (χ1n) is 13.5. The summed E-state index contributed by atoms with van der Waals surface area (Å²) >= 11 is 0. The van der Waals surface area contributed by atoms with Crippen LogP contribution in [-0.4, -0.2) is 61.9 Å². The number of amides is 3. The Balaban J connectivity index is 1.55. The zero-order chi connectivity index (χ0) is 31.4. The van der Waals surface area contributed by atoms with Crippen molar-refractivity contribution >= 4 is 33.6 Å². The fourth-order valence-corrected chi connectivity index (χ4v) is 5.58. The highest BCUT2D eigenvalue weighted by Crippen LogP contribution is 2.31. The van der Waals surface area contributed by atoms with E-state index < -0.39 is 44.9 Å². The van der Waals surface area contributed by atoms with Crippen molar-refractivity contribution in [1.29, 1.82) is 0 Å². The summed E-state index contributed by atoms with van der Waals surface area (Å²) in [6.45, 7) is 4.86. The van der Waals surface area contributed by atoms with Gasteiger partial charge < -0.3 is 25.0 Å². The standard InChI is InChI=1S/C31H34FN3O7S/c1-30(2,3)42-28(37)34-31(16-17-35(20-31)29(38)41-19-21-10-6-5-7-11-21)27(36)33-25-15-14-22(18-24(25)32)23-12-8-9-13-26(23)43(4,39)40/h5-15,18H,16-17,19-20H2,1-4H3,(H,33,36)(H,34,37). The summed E-state index contributed by atoms with van der Waals surface area (Å²) < 4.78 is 50.6. The number of ether oxygens (including phenoxy) is 2. The summed E-state index contributed by atoms with van der Waals surface area (Å²) in [6, 6.07) is 19.2. The van der Waals surface area contributed by atoms with Crippen LogP contribution in [0.25, 0.3) is 11.1 Å². The Hall–Kier alpha value is -4.45. The third kappa shape index (κ3) is 7.89. The van der Waals surface area contributed by atoms with E-state index in [1.165, 1.54) is 23.1 Å². The van der Waals surface area contributed by atoms with E-state index in [1.807, 2.05) is 18.2 Å². The first kappa shape index (κ1) is 31.5. The van der Waals surface area contributed by atoms with E-state index in [0.29, 0.717) is 11.1 Å². The van der Waals surface area contributed by atoms with Crippen molar-refractivity contribution in [3.8, 4) is 11.1 Å². The van der Waals surface area contributed by atoms with E-state index in [0.717, 1.165) is 17.9 Å². The molecule has 1 aliphatic heterocycles. The van der Waals surface area contributed by atoms with Crippen LogP contribution in [0.15, 0.2) is 77.7 Å². The molecule has 1 fully saturated rings. The normalized spacial score (nSPS) is 16.8. The number of sulfone groups is 1. The van der Waals surface area contributed by atoms with Crippen LogP contribution < -0.4 is 10.6 Å². The maximum Gasteiger partial charge on any atom is 0.410 e. The highest BCUT2D eigenvalue weighted by atomic mass is 32.2. The number of hydrogen-bond donors (Lipinski definition) is 2. The Bertz CT molecular complexity index is 1620. The molecule has 1 unspecified atom stereocenters. The van der Waals surface area contributed by atoms with E-state index in [1.54, 1.807) is 51.1 Å². The third-order valence-corrected chi connectivity index (χ3v) is 7.88. The van der Waals surface area contributed by atoms with Gasteiger partial charge in [0, 0.05) is 18.4 Å². The molecular formula is C31H34FN3O7S. The third-order valence-electron chi connectivity index (χ3n) is 6.72. The summed E-state index contributed by atoms with van der Waals surface area (Å²) in [5, 5.41) is 5.12. The molecule has 3 aromatic rings. The average molecular weight is 612 g/mol. The van der Waals surface area contributed by atoms with Gasteiger partial charge in [-0.05, 0) is 56.5 Å². The molecule has 0 spiro atoms. The van der Waals surface area contributed by atoms with Crippen LogP contribution in [0.2, 0.25) is 0 Å². The van der Waals surface area contributed by atoms with Gasteiger partial charge in [-0.25, -0.2) is 22.4 Å².